The van der Waals surface area contributed by atoms with Gasteiger partial charge in [0.15, 0.2) is 0 Å². The standard InChI is InChI=1S/C16H11F4NO2S/c1-10-3-6-12(7-4-10)24(22,23)15(21-2)11-5-8-14(17)13(9-11)16(18,19)20/h3-9,15H,1H3. The summed E-state index contributed by atoms with van der Waals surface area (Å²) in [6.07, 6.45) is -4.99. The van der Waals surface area contributed by atoms with Crippen LogP contribution < -0.4 is 0 Å². The predicted molar refractivity (Wildman–Crippen MR) is 79.1 cm³/mol. The normalized spacial score (nSPS) is 13.3. The van der Waals surface area contributed by atoms with Crippen LogP contribution in [0.3, 0.4) is 0 Å². The highest BCUT2D eigenvalue weighted by Crippen LogP contribution is 2.36. The molecular formula is C16H11F4NO2S. The van der Waals surface area contributed by atoms with E-state index in [-0.39, 0.29) is 4.90 Å². The van der Waals surface area contributed by atoms with E-state index in [0.717, 1.165) is 11.6 Å². The number of rotatable bonds is 3. The molecule has 126 valence electrons. The number of aryl methyl sites for hydroxylation is 1. The number of alkyl halides is 3. The van der Waals surface area contributed by atoms with Crippen molar-refractivity contribution in [2.24, 2.45) is 0 Å². The first-order valence-corrected chi connectivity index (χ1v) is 8.16. The number of hydrogen-bond donors (Lipinski definition) is 0. The van der Waals surface area contributed by atoms with Crippen LogP contribution in [0.15, 0.2) is 47.4 Å². The zero-order chi connectivity index (χ0) is 18.1. The molecule has 1 unspecified atom stereocenters. The number of benzene rings is 2. The van der Waals surface area contributed by atoms with Crippen LogP contribution in [-0.4, -0.2) is 8.42 Å². The lowest BCUT2D eigenvalue weighted by Crippen LogP contribution is -2.14. The van der Waals surface area contributed by atoms with E-state index in [9.17, 15) is 26.0 Å². The molecule has 2 aromatic rings. The summed E-state index contributed by atoms with van der Waals surface area (Å²) < 4.78 is 76.8. The van der Waals surface area contributed by atoms with Crippen molar-refractivity contribution in [1.82, 2.24) is 0 Å². The molecule has 0 N–H and O–H groups in total. The highest BCUT2D eigenvalue weighted by atomic mass is 32.2. The van der Waals surface area contributed by atoms with E-state index in [1.54, 1.807) is 6.92 Å². The van der Waals surface area contributed by atoms with Crippen molar-refractivity contribution in [2.45, 2.75) is 23.4 Å². The van der Waals surface area contributed by atoms with Gasteiger partial charge in [-0.2, -0.15) is 13.2 Å². The maximum Gasteiger partial charge on any atom is 0.419 e. The summed E-state index contributed by atoms with van der Waals surface area (Å²) in [5.74, 6) is -1.53. The average Bonchev–Trinajstić information content (AvgIpc) is 2.48. The average molecular weight is 357 g/mol. The Hall–Kier alpha value is -2.40. The Labute approximate surface area is 136 Å². The minimum atomic E-state index is -4.99. The highest BCUT2D eigenvalue weighted by Gasteiger charge is 2.39. The Balaban J connectivity index is 2.57. The van der Waals surface area contributed by atoms with Gasteiger partial charge in [0.1, 0.15) is 5.82 Å². The molecule has 0 radical (unpaired) electrons. The summed E-state index contributed by atoms with van der Waals surface area (Å²) in [7, 11) is -4.24. The van der Waals surface area contributed by atoms with Crippen LogP contribution in [0.5, 0.6) is 0 Å². The minimum absolute atomic E-state index is 0.188. The van der Waals surface area contributed by atoms with Crippen molar-refractivity contribution in [2.75, 3.05) is 0 Å². The highest BCUT2D eigenvalue weighted by molar-refractivity contribution is 7.91. The number of hydrogen-bond acceptors (Lipinski definition) is 2. The molecule has 0 aliphatic rings. The zero-order valence-electron chi connectivity index (χ0n) is 12.3. The van der Waals surface area contributed by atoms with E-state index in [4.69, 9.17) is 6.57 Å². The van der Waals surface area contributed by atoms with Gasteiger partial charge in [0.2, 0.25) is 0 Å². The predicted octanol–water partition coefficient (Wildman–Crippen LogP) is 4.54. The minimum Gasteiger partial charge on any atom is -0.291 e. The van der Waals surface area contributed by atoms with E-state index in [2.05, 4.69) is 4.85 Å². The van der Waals surface area contributed by atoms with E-state index in [1.807, 2.05) is 0 Å². The van der Waals surface area contributed by atoms with Crippen molar-refractivity contribution in [1.29, 1.82) is 0 Å². The molecule has 0 saturated heterocycles. The Bertz CT molecular complexity index is 897. The fraction of sp³-hybridized carbons (Fsp3) is 0.188. The molecule has 3 nitrogen and oxygen atoms in total. The molecular weight excluding hydrogens is 346 g/mol. The molecule has 0 bridgehead atoms. The molecule has 0 fully saturated rings. The van der Waals surface area contributed by atoms with Crippen molar-refractivity contribution >= 4 is 9.84 Å². The van der Waals surface area contributed by atoms with Gasteiger partial charge in [0.25, 0.3) is 9.84 Å². The summed E-state index contributed by atoms with van der Waals surface area (Å²) in [5.41, 5.74) is -1.25. The molecule has 0 aromatic heterocycles. The van der Waals surface area contributed by atoms with E-state index >= 15 is 0 Å². The Kier molecular flexibility index (Phi) is 4.67. The molecule has 0 spiro atoms. The van der Waals surface area contributed by atoms with Crippen LogP contribution in [0.2, 0.25) is 0 Å². The molecule has 2 aromatic carbocycles. The molecule has 8 heteroatoms. The van der Waals surface area contributed by atoms with Crippen molar-refractivity contribution in [3.05, 3.63) is 76.4 Å². The maximum atomic E-state index is 13.3. The number of halogens is 4. The SMILES string of the molecule is [C-]#[N+]C(c1ccc(F)c(C(F)(F)F)c1)S(=O)(=O)c1ccc(C)cc1. The molecule has 0 aliphatic carbocycles. The van der Waals surface area contributed by atoms with E-state index in [1.165, 1.54) is 24.3 Å². The van der Waals surface area contributed by atoms with Gasteiger partial charge in [-0.15, -0.1) is 0 Å². The lowest BCUT2D eigenvalue weighted by Gasteiger charge is -2.12. The molecule has 0 aliphatic heterocycles. The topological polar surface area (TPSA) is 38.5 Å². The van der Waals surface area contributed by atoms with Gasteiger partial charge in [-0.05, 0) is 37.3 Å². The summed E-state index contributed by atoms with van der Waals surface area (Å²) >= 11 is 0. The quantitative estimate of drug-likeness (QED) is 0.597. The van der Waals surface area contributed by atoms with Crippen LogP contribution >= 0.6 is 0 Å². The van der Waals surface area contributed by atoms with Gasteiger partial charge in [0, 0.05) is 0 Å². The monoisotopic (exact) mass is 357 g/mol. The van der Waals surface area contributed by atoms with Gasteiger partial charge < -0.3 is 0 Å². The van der Waals surface area contributed by atoms with Gasteiger partial charge in [-0.1, -0.05) is 17.7 Å². The Morgan fingerprint density at radius 1 is 1.08 bits per heavy atom. The van der Waals surface area contributed by atoms with Crippen LogP contribution in [0, 0.1) is 19.3 Å². The summed E-state index contributed by atoms with van der Waals surface area (Å²) in [6, 6.07) is 7.33. The van der Waals surface area contributed by atoms with Crippen LogP contribution in [-0.2, 0) is 16.0 Å². The van der Waals surface area contributed by atoms with E-state index < -0.39 is 38.3 Å². The first-order chi connectivity index (χ1) is 11.1. The second-order valence-corrected chi connectivity index (χ2v) is 7.08. The molecule has 24 heavy (non-hydrogen) atoms. The third-order valence-corrected chi connectivity index (χ3v) is 5.24. The first-order valence-electron chi connectivity index (χ1n) is 6.61. The van der Waals surface area contributed by atoms with Crippen molar-refractivity contribution in [3.8, 4) is 0 Å². The largest absolute Gasteiger partial charge is 0.419 e. The third kappa shape index (κ3) is 3.41. The Morgan fingerprint density at radius 3 is 2.17 bits per heavy atom. The summed E-state index contributed by atoms with van der Waals surface area (Å²) in [6.45, 7) is 8.83. The number of nitrogens with zero attached hydrogens (tertiary/aromatic N) is 1. The molecule has 2 rings (SSSR count). The fourth-order valence-electron chi connectivity index (χ4n) is 2.09. The summed E-state index contributed by atoms with van der Waals surface area (Å²) in [4.78, 5) is 2.77. The van der Waals surface area contributed by atoms with Crippen molar-refractivity contribution in [3.63, 3.8) is 0 Å². The Morgan fingerprint density at radius 2 is 1.67 bits per heavy atom. The van der Waals surface area contributed by atoms with Gasteiger partial charge in [0.05, 0.1) is 16.0 Å². The summed E-state index contributed by atoms with van der Waals surface area (Å²) in [5, 5.41) is -1.89. The third-order valence-electron chi connectivity index (χ3n) is 3.34. The molecule has 0 amide bonds. The lowest BCUT2D eigenvalue weighted by molar-refractivity contribution is -0.140. The van der Waals surface area contributed by atoms with Gasteiger partial charge >= 0.3 is 11.6 Å². The van der Waals surface area contributed by atoms with Crippen LogP contribution in [0.1, 0.15) is 22.1 Å². The van der Waals surface area contributed by atoms with Gasteiger partial charge in [-0.3, -0.25) is 4.85 Å². The molecule has 1 atom stereocenters. The van der Waals surface area contributed by atoms with E-state index in [0.29, 0.717) is 12.1 Å². The van der Waals surface area contributed by atoms with Gasteiger partial charge in [-0.25, -0.2) is 19.4 Å². The van der Waals surface area contributed by atoms with Crippen LogP contribution in [0.4, 0.5) is 17.6 Å². The fourth-order valence-corrected chi connectivity index (χ4v) is 3.51. The first kappa shape index (κ1) is 17.9. The second kappa shape index (κ2) is 6.24. The molecule has 0 saturated carbocycles. The smallest absolute Gasteiger partial charge is 0.291 e. The number of sulfone groups is 1. The van der Waals surface area contributed by atoms with Crippen molar-refractivity contribution < 1.29 is 26.0 Å². The maximum absolute atomic E-state index is 13.3. The molecule has 0 heterocycles. The zero-order valence-corrected chi connectivity index (χ0v) is 13.1. The second-order valence-electron chi connectivity index (χ2n) is 5.08. The van der Waals surface area contributed by atoms with Crippen LogP contribution in [0.25, 0.3) is 4.85 Å². The lowest BCUT2D eigenvalue weighted by atomic mass is 10.1.